The third-order valence-corrected chi connectivity index (χ3v) is 1.98. The molecule has 0 N–H and O–H groups in total. The minimum atomic E-state index is 1.32. The zero-order valence-electron chi connectivity index (χ0n) is 6.29. The third kappa shape index (κ3) is 2.44. The van der Waals surface area contributed by atoms with Crippen LogP contribution in [-0.2, 0) is 0 Å². The van der Waals surface area contributed by atoms with Gasteiger partial charge in [-0.1, -0.05) is 18.2 Å². The summed E-state index contributed by atoms with van der Waals surface area (Å²) in [5.41, 5.74) is 0. The zero-order valence-corrected chi connectivity index (χ0v) is 7.11. The van der Waals surface area contributed by atoms with Crippen LogP contribution in [0.2, 0.25) is 0 Å². The second kappa shape index (κ2) is 3.67. The standard InChI is InChI=1S/C9H11S/c1-8(2)10-9-6-4-3-5-7-9/h3-7H,1-2H3. The molecule has 1 aromatic rings. The van der Waals surface area contributed by atoms with Crippen molar-refractivity contribution in [1.29, 1.82) is 0 Å². The van der Waals surface area contributed by atoms with Gasteiger partial charge in [0.2, 0.25) is 0 Å². The highest BCUT2D eigenvalue weighted by atomic mass is 32.2. The summed E-state index contributed by atoms with van der Waals surface area (Å²) in [5.74, 6) is 0. The molecule has 1 heteroatoms. The maximum Gasteiger partial charge on any atom is 0.0295 e. The van der Waals surface area contributed by atoms with Crippen LogP contribution in [-0.4, -0.2) is 0 Å². The molecule has 0 fully saturated rings. The summed E-state index contributed by atoms with van der Waals surface area (Å²) in [4.78, 5) is 1.32. The molecule has 0 bridgehead atoms. The van der Waals surface area contributed by atoms with Crippen LogP contribution in [0.1, 0.15) is 13.8 Å². The summed E-state index contributed by atoms with van der Waals surface area (Å²) in [7, 11) is 0. The first-order valence-electron chi connectivity index (χ1n) is 3.32. The van der Waals surface area contributed by atoms with Crippen molar-refractivity contribution in [2.45, 2.75) is 18.7 Å². The van der Waals surface area contributed by atoms with Gasteiger partial charge in [0.15, 0.2) is 0 Å². The molecule has 0 aliphatic carbocycles. The molecule has 0 nitrogen and oxygen atoms in total. The van der Waals surface area contributed by atoms with Crippen molar-refractivity contribution in [2.24, 2.45) is 0 Å². The summed E-state index contributed by atoms with van der Waals surface area (Å²) in [6, 6.07) is 10.4. The Kier molecular flexibility index (Phi) is 2.82. The van der Waals surface area contributed by atoms with Crippen LogP contribution in [0.3, 0.4) is 0 Å². The second-order valence-electron chi connectivity index (χ2n) is 2.32. The van der Waals surface area contributed by atoms with Crippen LogP contribution < -0.4 is 0 Å². The molecule has 1 radical (unpaired) electrons. The van der Waals surface area contributed by atoms with Crippen LogP contribution in [0.5, 0.6) is 0 Å². The topological polar surface area (TPSA) is 0 Å². The number of hydrogen-bond donors (Lipinski definition) is 0. The van der Waals surface area contributed by atoms with Crippen molar-refractivity contribution >= 4 is 11.8 Å². The van der Waals surface area contributed by atoms with Crippen LogP contribution in [0.15, 0.2) is 35.2 Å². The molecule has 0 saturated heterocycles. The normalized spacial score (nSPS) is 10.3. The number of hydrogen-bond acceptors (Lipinski definition) is 1. The Morgan fingerprint density at radius 1 is 1.10 bits per heavy atom. The molecule has 0 heterocycles. The minimum Gasteiger partial charge on any atom is -0.118 e. The summed E-state index contributed by atoms with van der Waals surface area (Å²) in [6.45, 7) is 4.25. The molecule has 1 rings (SSSR count). The molecule has 0 aliphatic rings. The predicted molar refractivity (Wildman–Crippen MR) is 46.9 cm³/mol. The maximum absolute atomic E-state index is 2.12. The molecule has 0 aliphatic heterocycles. The predicted octanol–water partition coefficient (Wildman–Crippen LogP) is 3.35. The van der Waals surface area contributed by atoms with Gasteiger partial charge in [0.25, 0.3) is 0 Å². The van der Waals surface area contributed by atoms with Gasteiger partial charge in [0, 0.05) is 10.1 Å². The first kappa shape index (κ1) is 7.67. The Balaban J connectivity index is 2.59. The summed E-state index contributed by atoms with van der Waals surface area (Å²) in [5, 5.41) is 1.38. The van der Waals surface area contributed by atoms with E-state index < -0.39 is 0 Å². The number of thioether (sulfide) groups is 1. The molecule has 0 amide bonds. The maximum atomic E-state index is 2.12. The number of rotatable bonds is 2. The summed E-state index contributed by atoms with van der Waals surface area (Å²) in [6.07, 6.45) is 0. The van der Waals surface area contributed by atoms with Gasteiger partial charge < -0.3 is 0 Å². The fourth-order valence-electron chi connectivity index (χ4n) is 0.724. The van der Waals surface area contributed by atoms with Gasteiger partial charge in [0.1, 0.15) is 0 Å². The zero-order chi connectivity index (χ0) is 7.40. The smallest absolute Gasteiger partial charge is 0.0295 e. The van der Waals surface area contributed by atoms with Gasteiger partial charge in [-0.3, -0.25) is 0 Å². The Hall–Kier alpha value is -0.430. The van der Waals surface area contributed by atoms with Crippen molar-refractivity contribution in [3.8, 4) is 0 Å². The van der Waals surface area contributed by atoms with Crippen LogP contribution in [0.4, 0.5) is 0 Å². The molecule has 53 valence electrons. The van der Waals surface area contributed by atoms with E-state index in [9.17, 15) is 0 Å². The van der Waals surface area contributed by atoms with Crippen molar-refractivity contribution in [3.05, 3.63) is 35.6 Å². The lowest BCUT2D eigenvalue weighted by atomic mass is 10.4. The Morgan fingerprint density at radius 2 is 1.70 bits per heavy atom. The van der Waals surface area contributed by atoms with Gasteiger partial charge >= 0.3 is 0 Å². The van der Waals surface area contributed by atoms with E-state index in [1.807, 2.05) is 17.8 Å². The van der Waals surface area contributed by atoms with E-state index in [0.717, 1.165) is 0 Å². The molecule has 10 heavy (non-hydrogen) atoms. The third-order valence-electron chi connectivity index (χ3n) is 1.07. The molecule has 0 unspecified atom stereocenters. The average molecular weight is 151 g/mol. The lowest BCUT2D eigenvalue weighted by Crippen LogP contribution is -1.74. The Labute approximate surface area is 66.6 Å². The fraction of sp³-hybridized carbons (Fsp3) is 0.222. The van der Waals surface area contributed by atoms with E-state index in [1.54, 1.807) is 0 Å². The van der Waals surface area contributed by atoms with Gasteiger partial charge in [0.05, 0.1) is 0 Å². The quantitative estimate of drug-likeness (QED) is 0.584. The van der Waals surface area contributed by atoms with E-state index in [0.29, 0.717) is 0 Å². The van der Waals surface area contributed by atoms with Gasteiger partial charge in [-0.15, -0.1) is 11.8 Å². The van der Waals surface area contributed by atoms with Crippen molar-refractivity contribution < 1.29 is 0 Å². The van der Waals surface area contributed by atoms with Gasteiger partial charge in [-0.25, -0.2) is 0 Å². The molecule has 0 atom stereocenters. The fourth-order valence-corrected chi connectivity index (χ4v) is 1.49. The van der Waals surface area contributed by atoms with Crippen molar-refractivity contribution in [2.75, 3.05) is 0 Å². The number of benzene rings is 1. The summed E-state index contributed by atoms with van der Waals surface area (Å²) >= 11 is 1.82. The van der Waals surface area contributed by atoms with E-state index in [2.05, 4.69) is 38.1 Å². The molecular weight excluding hydrogens is 140 g/mol. The lowest BCUT2D eigenvalue weighted by molar-refractivity contribution is 1.32. The highest BCUT2D eigenvalue weighted by molar-refractivity contribution is 8.02. The highest BCUT2D eigenvalue weighted by Crippen LogP contribution is 2.26. The largest absolute Gasteiger partial charge is 0.118 e. The summed E-state index contributed by atoms with van der Waals surface area (Å²) < 4.78 is 0. The average Bonchev–Trinajstić information content (AvgIpc) is 1.88. The first-order valence-corrected chi connectivity index (χ1v) is 4.14. The highest BCUT2D eigenvalue weighted by Gasteiger charge is 1.95. The van der Waals surface area contributed by atoms with E-state index in [1.165, 1.54) is 10.1 Å². The Bertz CT molecular complexity index is 179. The first-order chi connectivity index (χ1) is 4.79. The SMILES string of the molecule is C[C](C)Sc1ccccc1. The van der Waals surface area contributed by atoms with Crippen molar-refractivity contribution in [3.63, 3.8) is 0 Å². The molecule has 1 aromatic carbocycles. The van der Waals surface area contributed by atoms with Gasteiger partial charge in [-0.2, -0.15) is 0 Å². The molecule has 0 saturated carbocycles. The van der Waals surface area contributed by atoms with E-state index in [4.69, 9.17) is 0 Å². The van der Waals surface area contributed by atoms with Gasteiger partial charge in [-0.05, 0) is 26.0 Å². The van der Waals surface area contributed by atoms with E-state index >= 15 is 0 Å². The molecular formula is C9H11S. The van der Waals surface area contributed by atoms with Crippen LogP contribution >= 0.6 is 11.8 Å². The Morgan fingerprint density at radius 3 is 2.20 bits per heavy atom. The molecule has 0 aromatic heterocycles. The second-order valence-corrected chi connectivity index (χ2v) is 3.82. The van der Waals surface area contributed by atoms with E-state index in [-0.39, 0.29) is 0 Å². The minimum absolute atomic E-state index is 1.32. The van der Waals surface area contributed by atoms with Crippen LogP contribution in [0.25, 0.3) is 0 Å². The molecule has 0 spiro atoms. The lowest BCUT2D eigenvalue weighted by Gasteiger charge is -2.01. The van der Waals surface area contributed by atoms with Crippen molar-refractivity contribution in [1.82, 2.24) is 0 Å². The van der Waals surface area contributed by atoms with Crippen LogP contribution in [0, 0.1) is 5.25 Å². The monoisotopic (exact) mass is 151 g/mol.